The van der Waals surface area contributed by atoms with Gasteiger partial charge in [0.05, 0.1) is 30.9 Å². The summed E-state index contributed by atoms with van der Waals surface area (Å²) < 4.78 is 16.4. The first-order valence-electron chi connectivity index (χ1n) is 7.99. The van der Waals surface area contributed by atoms with E-state index >= 15 is 0 Å². The number of esters is 1. The molecule has 1 aromatic rings. The van der Waals surface area contributed by atoms with Crippen molar-refractivity contribution >= 4 is 17.8 Å². The summed E-state index contributed by atoms with van der Waals surface area (Å²) >= 11 is 0. The molecule has 7 heteroatoms. The van der Waals surface area contributed by atoms with E-state index in [0.717, 1.165) is 5.56 Å². The van der Waals surface area contributed by atoms with Gasteiger partial charge in [0.2, 0.25) is 11.8 Å². The molecule has 0 spiro atoms. The number of methoxy groups -OCH3 is 1. The number of fused-ring (bicyclic) bond motifs is 4. The number of rotatable bonds is 4. The smallest absolute Gasteiger partial charge is 0.334 e. The van der Waals surface area contributed by atoms with Crippen molar-refractivity contribution in [3.8, 4) is 5.75 Å². The molecule has 0 radical (unpaired) electrons. The van der Waals surface area contributed by atoms with Crippen LogP contribution in [0.1, 0.15) is 12.5 Å². The van der Waals surface area contributed by atoms with Crippen LogP contribution in [0.2, 0.25) is 0 Å². The van der Waals surface area contributed by atoms with E-state index in [1.165, 1.54) is 6.08 Å². The highest BCUT2D eigenvalue weighted by Gasteiger charge is 2.73. The van der Waals surface area contributed by atoms with Crippen LogP contribution in [0.3, 0.4) is 0 Å². The summed E-state index contributed by atoms with van der Waals surface area (Å²) in [5.74, 6) is -1.88. The third kappa shape index (κ3) is 2.22. The molecule has 4 atom stereocenters. The molecular weight excluding hydrogens is 326 g/mol. The second-order valence-corrected chi connectivity index (χ2v) is 6.63. The number of carbonyl (C=O) groups excluding carboxylic acids is 3. The third-order valence-electron chi connectivity index (χ3n) is 5.21. The number of hydrogen-bond acceptors (Lipinski definition) is 6. The van der Waals surface area contributed by atoms with E-state index in [9.17, 15) is 14.4 Å². The predicted octanol–water partition coefficient (Wildman–Crippen LogP) is 0.930. The van der Waals surface area contributed by atoms with Crippen LogP contribution < -0.4 is 10.1 Å². The van der Waals surface area contributed by atoms with Crippen molar-refractivity contribution in [2.75, 3.05) is 7.11 Å². The summed E-state index contributed by atoms with van der Waals surface area (Å²) in [7, 11) is 1.58. The normalized spacial score (nSPS) is 32.6. The van der Waals surface area contributed by atoms with Gasteiger partial charge in [0, 0.05) is 0 Å². The highest BCUT2D eigenvalue weighted by molar-refractivity contribution is 6.08. The molecule has 2 fully saturated rings. The summed E-state index contributed by atoms with van der Waals surface area (Å²) in [4.78, 5) is 36.0. The number of hydrogen-bond donors (Lipinski definition) is 1. The maximum atomic E-state index is 12.1. The quantitative estimate of drug-likeness (QED) is 0.646. The first kappa shape index (κ1) is 15.7. The molecule has 0 aromatic heterocycles. The van der Waals surface area contributed by atoms with Gasteiger partial charge in [-0.1, -0.05) is 12.1 Å². The number of ether oxygens (including phenoxy) is 3. The largest absolute Gasteiger partial charge is 0.497 e. The molecule has 2 aliphatic heterocycles. The molecule has 1 N–H and O–H groups in total. The van der Waals surface area contributed by atoms with E-state index in [1.807, 2.05) is 24.3 Å². The van der Waals surface area contributed by atoms with Gasteiger partial charge in [-0.15, -0.1) is 0 Å². The minimum atomic E-state index is -1.05. The lowest BCUT2D eigenvalue weighted by atomic mass is 9.53. The Kier molecular flexibility index (Phi) is 3.35. The average Bonchev–Trinajstić information content (AvgIpc) is 2.83. The topological polar surface area (TPSA) is 90.9 Å². The molecule has 0 bridgehead atoms. The Balaban J connectivity index is 1.58. The second-order valence-electron chi connectivity index (χ2n) is 6.63. The molecule has 1 saturated carbocycles. The van der Waals surface area contributed by atoms with Crippen molar-refractivity contribution in [3.63, 3.8) is 0 Å². The van der Waals surface area contributed by atoms with Crippen LogP contribution in [0.5, 0.6) is 5.75 Å². The Morgan fingerprint density at radius 2 is 2.00 bits per heavy atom. The number of nitrogens with one attached hydrogen (secondary N) is 1. The van der Waals surface area contributed by atoms with Crippen molar-refractivity contribution in [3.05, 3.63) is 41.7 Å². The predicted molar refractivity (Wildman–Crippen MR) is 84.0 cm³/mol. The van der Waals surface area contributed by atoms with Crippen LogP contribution in [0.25, 0.3) is 0 Å². The van der Waals surface area contributed by atoms with Gasteiger partial charge in [0.25, 0.3) is 0 Å². The fraction of sp³-hybridized carbons (Fsp3) is 0.389. The lowest BCUT2D eigenvalue weighted by Gasteiger charge is -2.54. The van der Waals surface area contributed by atoms with Crippen molar-refractivity contribution in [2.24, 2.45) is 17.8 Å². The molecule has 25 heavy (non-hydrogen) atoms. The van der Waals surface area contributed by atoms with Gasteiger partial charge in [0.1, 0.15) is 23.7 Å². The number of amides is 2. The van der Waals surface area contributed by atoms with E-state index in [4.69, 9.17) is 14.2 Å². The van der Waals surface area contributed by atoms with Gasteiger partial charge in [0.15, 0.2) is 0 Å². The van der Waals surface area contributed by atoms with E-state index in [-0.39, 0.29) is 12.5 Å². The molecule has 7 nitrogen and oxygen atoms in total. The molecule has 130 valence electrons. The lowest BCUT2D eigenvalue weighted by Crippen LogP contribution is -2.66. The van der Waals surface area contributed by atoms with E-state index in [0.29, 0.717) is 11.5 Å². The summed E-state index contributed by atoms with van der Waals surface area (Å²) in [5.41, 5.74) is -0.181. The fourth-order valence-corrected chi connectivity index (χ4v) is 4.09. The average molecular weight is 343 g/mol. The second kappa shape index (κ2) is 5.34. The first-order chi connectivity index (χ1) is 11.9. The lowest BCUT2D eigenvalue weighted by molar-refractivity contribution is -0.212. The third-order valence-corrected chi connectivity index (χ3v) is 5.21. The van der Waals surface area contributed by atoms with Crippen LogP contribution in [0.4, 0.5) is 0 Å². The first-order valence-corrected chi connectivity index (χ1v) is 7.99. The van der Waals surface area contributed by atoms with Crippen LogP contribution in [-0.4, -0.2) is 30.5 Å². The summed E-state index contributed by atoms with van der Waals surface area (Å²) in [6, 6.07) is 7.37. The highest BCUT2D eigenvalue weighted by atomic mass is 16.6. The van der Waals surface area contributed by atoms with Crippen molar-refractivity contribution in [1.82, 2.24) is 5.32 Å². The van der Waals surface area contributed by atoms with Crippen LogP contribution >= 0.6 is 0 Å². The molecule has 1 aromatic carbocycles. The Morgan fingerprint density at radius 3 is 2.76 bits per heavy atom. The minimum Gasteiger partial charge on any atom is -0.497 e. The molecule has 2 heterocycles. The van der Waals surface area contributed by atoms with Gasteiger partial charge in [-0.25, -0.2) is 4.79 Å². The Bertz CT molecular complexity index is 816. The molecule has 1 saturated heterocycles. The molecule has 3 aliphatic rings. The highest BCUT2D eigenvalue weighted by Crippen LogP contribution is 2.58. The maximum absolute atomic E-state index is 12.1. The zero-order valence-corrected chi connectivity index (χ0v) is 13.8. The SMILES string of the molecule is COc1cccc(COC2=CC(=O)O[C@]3(C)[C@@H]4C(=O)NC(=O)[C@@H]4[C@H]23)c1. The number of benzene rings is 1. The van der Waals surface area contributed by atoms with Crippen molar-refractivity contribution in [1.29, 1.82) is 0 Å². The van der Waals surface area contributed by atoms with Crippen LogP contribution in [0, 0.1) is 17.8 Å². The standard InChI is InChI=1S/C18H17NO6/c1-18-14(13-15(18)17(22)19-16(13)21)11(7-12(20)25-18)24-8-9-4-3-5-10(6-9)23-2/h3-7,13-15H,8H2,1-2H3,(H,19,21,22)/t13-,14+,15+,18+/m1/s1. The van der Waals surface area contributed by atoms with Gasteiger partial charge in [-0.05, 0) is 24.6 Å². The van der Waals surface area contributed by atoms with E-state index in [1.54, 1.807) is 14.0 Å². The number of imide groups is 1. The molecule has 4 rings (SSSR count). The summed E-state index contributed by atoms with van der Waals surface area (Å²) in [6.45, 7) is 1.90. The molecular formula is C18H17NO6. The summed E-state index contributed by atoms with van der Waals surface area (Å²) in [5, 5.41) is 2.32. The van der Waals surface area contributed by atoms with Crippen LogP contribution in [0.15, 0.2) is 36.1 Å². The molecule has 2 amide bonds. The van der Waals surface area contributed by atoms with Gasteiger partial charge >= 0.3 is 5.97 Å². The Hall–Kier alpha value is -2.83. The molecule has 0 unspecified atom stereocenters. The van der Waals surface area contributed by atoms with Crippen molar-refractivity contribution in [2.45, 2.75) is 19.1 Å². The fourth-order valence-electron chi connectivity index (χ4n) is 4.09. The zero-order valence-electron chi connectivity index (χ0n) is 13.8. The Morgan fingerprint density at radius 1 is 1.20 bits per heavy atom. The minimum absolute atomic E-state index is 0.218. The van der Waals surface area contributed by atoms with E-state index in [2.05, 4.69) is 5.32 Å². The monoisotopic (exact) mass is 343 g/mol. The van der Waals surface area contributed by atoms with Gasteiger partial charge in [-0.2, -0.15) is 0 Å². The van der Waals surface area contributed by atoms with Gasteiger partial charge < -0.3 is 14.2 Å². The summed E-state index contributed by atoms with van der Waals surface area (Å²) in [6.07, 6.45) is 1.26. The van der Waals surface area contributed by atoms with Crippen LogP contribution in [-0.2, 0) is 30.5 Å². The molecule has 1 aliphatic carbocycles. The van der Waals surface area contributed by atoms with E-state index < -0.39 is 35.2 Å². The van der Waals surface area contributed by atoms with Crippen molar-refractivity contribution < 1.29 is 28.6 Å². The van der Waals surface area contributed by atoms with Gasteiger partial charge in [-0.3, -0.25) is 14.9 Å². The maximum Gasteiger partial charge on any atom is 0.334 e. The zero-order chi connectivity index (χ0) is 17.8. The Labute approximate surface area is 143 Å². The number of carbonyl (C=O) groups is 3.